The number of carbonyl (C=O) groups excluding carboxylic acids is 4. The quantitative estimate of drug-likeness (QED) is 0.0447. The van der Waals surface area contributed by atoms with Crippen LogP contribution in [0.5, 0.6) is 0 Å². The topological polar surface area (TPSA) is 302 Å². The van der Waals surface area contributed by atoms with Gasteiger partial charge in [-0.1, -0.05) is 83.1 Å². The zero-order valence-corrected chi connectivity index (χ0v) is 49.0. The van der Waals surface area contributed by atoms with Gasteiger partial charge in [-0.25, -0.2) is 0 Å². The maximum Gasteiger partial charge on any atom is 0.225 e. The molecule has 10 N–H and O–H groups in total. The highest BCUT2D eigenvalue weighted by atomic mass is 16.7. The highest BCUT2D eigenvalue weighted by Gasteiger charge is 2.48. The van der Waals surface area contributed by atoms with E-state index in [0.29, 0.717) is 45.4 Å². The highest BCUT2D eigenvalue weighted by Crippen LogP contribution is 2.39. The number of aliphatic hydroxyl groups excluding tert-OH is 6. The maximum atomic E-state index is 13.9. The van der Waals surface area contributed by atoms with Crippen LogP contribution in [-0.4, -0.2) is 186 Å². The van der Waals surface area contributed by atoms with Crippen LogP contribution in [0.2, 0.25) is 0 Å². The van der Waals surface area contributed by atoms with Gasteiger partial charge in [-0.3, -0.25) is 19.2 Å². The van der Waals surface area contributed by atoms with E-state index in [1.165, 1.54) is 13.8 Å². The van der Waals surface area contributed by atoms with E-state index >= 15 is 0 Å². The van der Waals surface area contributed by atoms with Crippen molar-refractivity contribution < 1.29 is 83.0 Å². The van der Waals surface area contributed by atoms with E-state index in [0.717, 1.165) is 0 Å². The Kier molecular flexibility index (Phi) is 25.1. The Hall–Kier alpha value is -2.64. The number of ether oxygens (including phenoxy) is 7. The van der Waals surface area contributed by atoms with Crippen molar-refractivity contribution in [3.8, 4) is 0 Å². The molecule has 0 spiro atoms. The van der Waals surface area contributed by atoms with Gasteiger partial charge in [-0.05, 0) is 82.0 Å². The Balaban J connectivity index is 1.97. The van der Waals surface area contributed by atoms with Crippen LogP contribution < -0.4 is 21.3 Å². The zero-order valence-electron chi connectivity index (χ0n) is 49.0. The number of amides is 4. The van der Waals surface area contributed by atoms with E-state index in [2.05, 4.69) is 21.3 Å². The minimum Gasteiger partial charge on any atom is -0.394 e. The lowest BCUT2D eigenvalue weighted by Gasteiger charge is -2.43. The van der Waals surface area contributed by atoms with Gasteiger partial charge >= 0.3 is 0 Å². The number of rotatable bonds is 31. The Morgan fingerprint density at radius 1 is 0.533 bits per heavy atom. The Labute approximate surface area is 447 Å². The molecule has 4 amide bonds. The van der Waals surface area contributed by atoms with Crippen molar-refractivity contribution in [3.05, 3.63) is 0 Å². The third-order valence-corrected chi connectivity index (χ3v) is 13.5. The molecule has 2 aliphatic heterocycles. The largest absolute Gasteiger partial charge is 0.394 e. The van der Waals surface area contributed by atoms with Crippen molar-refractivity contribution in [1.82, 2.24) is 21.3 Å². The maximum absolute atomic E-state index is 13.9. The molecule has 11 atom stereocenters. The molecule has 0 radical (unpaired) electrons. The molecular formula is C54H102N4O17. The van der Waals surface area contributed by atoms with Crippen LogP contribution in [0.1, 0.15) is 157 Å². The van der Waals surface area contributed by atoms with Gasteiger partial charge in [0.2, 0.25) is 23.6 Å². The van der Waals surface area contributed by atoms with Crippen LogP contribution in [0.3, 0.4) is 0 Å². The standard InChI is InChI=1S/C54H102N4O17/c1-20-69-36(75-54(18,19)27-52(14,15)46(68)56-29-48(6,7)25-50(10,11)31-71-44-38(58-33(3)62)42(66)40(64)35(22-60)74-44)23-72-53(16,17)26-51(12,13)45(67)55-28-47(4,5)24-49(8,9)30-70-43-37(57-32(2)61)41(65)39(63)34(21-59)73-43/h34-44,59-60,63-66H,20-31H2,1-19H3,(H,55,67)(H,56,68)(H,57,61)(H,58,62). The average molecular weight is 1080 g/mol. The predicted octanol–water partition coefficient (Wildman–Crippen LogP) is 2.81. The molecule has 11 unspecified atom stereocenters. The van der Waals surface area contributed by atoms with Crippen molar-refractivity contribution >= 4 is 23.6 Å². The van der Waals surface area contributed by atoms with Crippen LogP contribution in [-0.2, 0) is 52.3 Å². The van der Waals surface area contributed by atoms with Gasteiger partial charge in [-0.15, -0.1) is 0 Å². The lowest BCUT2D eigenvalue weighted by Crippen LogP contribution is -2.64. The van der Waals surface area contributed by atoms with Crippen LogP contribution in [0.4, 0.5) is 0 Å². The molecule has 0 aliphatic carbocycles. The third-order valence-electron chi connectivity index (χ3n) is 13.5. The minimum absolute atomic E-state index is 0.0649. The first kappa shape index (κ1) is 68.5. The normalized spacial score (nSPS) is 26.1. The first-order chi connectivity index (χ1) is 34.0. The number of hydrogen-bond acceptors (Lipinski definition) is 17. The molecule has 21 nitrogen and oxygen atoms in total. The van der Waals surface area contributed by atoms with Crippen molar-refractivity contribution in [2.24, 2.45) is 32.5 Å². The molecular weight excluding hydrogens is 977 g/mol. The second-order valence-electron chi connectivity index (χ2n) is 26.8. The van der Waals surface area contributed by atoms with Crippen molar-refractivity contribution in [1.29, 1.82) is 0 Å². The van der Waals surface area contributed by atoms with Crippen molar-refractivity contribution in [3.63, 3.8) is 0 Å². The molecule has 0 saturated carbocycles. The van der Waals surface area contributed by atoms with Crippen molar-refractivity contribution in [2.75, 3.05) is 52.7 Å². The monoisotopic (exact) mass is 1080 g/mol. The summed E-state index contributed by atoms with van der Waals surface area (Å²) in [5, 5.41) is 73.0. The van der Waals surface area contributed by atoms with Crippen molar-refractivity contribution in [2.45, 2.75) is 236 Å². The van der Waals surface area contributed by atoms with Crippen LogP contribution in [0.25, 0.3) is 0 Å². The van der Waals surface area contributed by atoms with Gasteiger partial charge in [0.25, 0.3) is 0 Å². The molecule has 21 heteroatoms. The second-order valence-corrected chi connectivity index (χ2v) is 26.8. The molecule has 2 rings (SSSR count). The second kappa shape index (κ2) is 27.5. The number of nitrogens with one attached hydrogen (secondary N) is 4. The van der Waals surface area contributed by atoms with Crippen LogP contribution >= 0.6 is 0 Å². The fourth-order valence-corrected chi connectivity index (χ4v) is 11.1. The summed E-state index contributed by atoms with van der Waals surface area (Å²) < 4.78 is 42.7. The summed E-state index contributed by atoms with van der Waals surface area (Å²) in [6.45, 7) is 36.0. The SMILES string of the molecule is CCOC(COC(C)(C)CC(C)(C)C(=O)NCC(C)(C)CC(C)(C)COC1OC(CO)C(O)C(O)C1NC(C)=O)OC(C)(C)CC(C)(C)C(=O)NCC(C)(C)CC(C)(C)COC1OC(CO)C(O)C(O)C1NC(C)=O. The molecule has 75 heavy (non-hydrogen) atoms. The summed E-state index contributed by atoms with van der Waals surface area (Å²) in [7, 11) is 0. The summed E-state index contributed by atoms with van der Waals surface area (Å²) in [5.41, 5.74) is -5.06. The van der Waals surface area contributed by atoms with Gasteiger partial charge < -0.3 is 85.1 Å². The number of hydrogen-bond donors (Lipinski definition) is 10. The van der Waals surface area contributed by atoms with E-state index in [1.807, 2.05) is 118 Å². The van der Waals surface area contributed by atoms with E-state index < -0.39 is 136 Å². The van der Waals surface area contributed by atoms with Gasteiger partial charge in [0.15, 0.2) is 18.9 Å². The van der Waals surface area contributed by atoms with E-state index in [4.69, 9.17) is 33.2 Å². The van der Waals surface area contributed by atoms with Gasteiger partial charge in [0.05, 0.1) is 44.2 Å². The number of aliphatic hydroxyl groups is 6. The predicted molar refractivity (Wildman–Crippen MR) is 280 cm³/mol. The first-order valence-corrected chi connectivity index (χ1v) is 26.6. The van der Waals surface area contributed by atoms with Gasteiger partial charge in [-0.2, -0.15) is 0 Å². The Bertz CT molecular complexity index is 1820. The lowest BCUT2D eigenvalue weighted by molar-refractivity contribution is -0.276. The minimum atomic E-state index is -1.42. The van der Waals surface area contributed by atoms with Crippen LogP contribution in [0, 0.1) is 32.5 Å². The van der Waals surface area contributed by atoms with Gasteiger partial charge in [0.1, 0.15) is 48.7 Å². The molecule has 0 aromatic heterocycles. The highest BCUT2D eigenvalue weighted by molar-refractivity contribution is 5.82. The van der Waals surface area contributed by atoms with Gasteiger partial charge in [0, 0.05) is 44.4 Å². The smallest absolute Gasteiger partial charge is 0.225 e. The summed E-state index contributed by atoms with van der Waals surface area (Å²) in [6, 6.07) is -2.10. The zero-order chi connectivity index (χ0) is 57.9. The van der Waals surface area contributed by atoms with E-state index in [1.54, 1.807) is 0 Å². The molecule has 0 aromatic rings. The van der Waals surface area contributed by atoms with Crippen LogP contribution in [0.15, 0.2) is 0 Å². The molecule has 2 heterocycles. The Morgan fingerprint density at radius 2 is 0.893 bits per heavy atom. The first-order valence-electron chi connectivity index (χ1n) is 26.6. The number of carbonyl (C=O) groups is 4. The summed E-state index contributed by atoms with van der Waals surface area (Å²) >= 11 is 0. The van der Waals surface area contributed by atoms with E-state index in [9.17, 15) is 49.8 Å². The fraction of sp³-hybridized carbons (Fsp3) is 0.926. The molecule has 2 fully saturated rings. The fourth-order valence-electron chi connectivity index (χ4n) is 11.1. The summed E-state index contributed by atoms with van der Waals surface area (Å²) in [6.07, 6.45) is -8.97. The molecule has 2 aliphatic rings. The molecule has 0 aromatic carbocycles. The summed E-state index contributed by atoms with van der Waals surface area (Å²) in [5.74, 6) is -1.19. The molecule has 2 saturated heterocycles. The lowest BCUT2D eigenvalue weighted by atomic mass is 9.75. The summed E-state index contributed by atoms with van der Waals surface area (Å²) in [4.78, 5) is 51.5. The van der Waals surface area contributed by atoms with E-state index in [-0.39, 0.29) is 31.6 Å². The molecule has 440 valence electrons. The third kappa shape index (κ3) is 22.6. The molecule has 0 bridgehead atoms. The Morgan fingerprint density at radius 3 is 1.23 bits per heavy atom. The average Bonchev–Trinajstić information content (AvgIpc) is 3.24.